The maximum Gasteiger partial charge on any atom is 0.228 e. The largest absolute Gasteiger partial charge is 0.452 e. The van der Waals surface area contributed by atoms with Gasteiger partial charge in [-0.3, -0.25) is 4.79 Å². The van der Waals surface area contributed by atoms with E-state index in [1.807, 2.05) is 49.4 Å². The third-order valence-electron chi connectivity index (χ3n) is 4.74. The summed E-state index contributed by atoms with van der Waals surface area (Å²) in [6, 6.07) is 16.7. The first-order valence-corrected chi connectivity index (χ1v) is 9.51. The summed E-state index contributed by atoms with van der Waals surface area (Å²) in [6.07, 6.45) is 1.56. The maximum absolute atomic E-state index is 13.0. The number of benzene rings is 2. The normalized spacial score (nSPS) is 13.6. The molecule has 4 heteroatoms. The summed E-state index contributed by atoms with van der Waals surface area (Å²) in [5, 5.41) is 11.2. The third-order valence-corrected chi connectivity index (χ3v) is 4.74. The molecule has 0 radical (unpaired) electrons. The van der Waals surface area contributed by atoms with Crippen molar-refractivity contribution < 1.29 is 19.1 Å². The molecule has 2 unspecified atom stereocenters. The first-order chi connectivity index (χ1) is 13.1. The van der Waals surface area contributed by atoms with Gasteiger partial charge in [0.2, 0.25) is 5.78 Å². The van der Waals surface area contributed by atoms with Gasteiger partial charge in [-0.05, 0) is 18.9 Å². The van der Waals surface area contributed by atoms with Gasteiger partial charge in [0, 0.05) is 29.0 Å². The zero-order valence-corrected chi connectivity index (χ0v) is 15.9. The molecule has 27 heavy (non-hydrogen) atoms. The van der Waals surface area contributed by atoms with E-state index in [2.05, 4.69) is 6.92 Å². The van der Waals surface area contributed by atoms with Crippen molar-refractivity contribution in [3.8, 4) is 0 Å². The number of carbonyl (C=O) groups excluding carboxylic acids is 1. The monoisotopic (exact) mass is 366 g/mol. The number of fused-ring (bicyclic) bond motifs is 1. The van der Waals surface area contributed by atoms with Gasteiger partial charge in [-0.1, -0.05) is 68.8 Å². The molecular weight excluding hydrogens is 340 g/mol. The summed E-state index contributed by atoms with van der Waals surface area (Å²) in [4.78, 5) is 13.0. The van der Waals surface area contributed by atoms with Crippen molar-refractivity contribution in [1.82, 2.24) is 0 Å². The molecule has 3 rings (SSSR count). The minimum absolute atomic E-state index is 0.143. The van der Waals surface area contributed by atoms with Crippen LogP contribution in [0, 0.1) is 5.92 Å². The summed E-state index contributed by atoms with van der Waals surface area (Å²) in [6.45, 7) is 4.54. The Morgan fingerprint density at radius 2 is 1.81 bits per heavy atom. The lowest BCUT2D eigenvalue weighted by Crippen LogP contribution is -2.24. The SMILES string of the molecule is CCCCOC(O)C(C)Cc1c(C(=O)c2ccccc2)oc2ccccc12. The molecule has 0 spiro atoms. The highest BCUT2D eigenvalue weighted by Crippen LogP contribution is 2.30. The number of aliphatic hydroxyl groups excluding tert-OH is 1. The van der Waals surface area contributed by atoms with Gasteiger partial charge in [-0.25, -0.2) is 0 Å². The summed E-state index contributed by atoms with van der Waals surface area (Å²) < 4.78 is 11.5. The molecule has 0 fully saturated rings. The zero-order valence-electron chi connectivity index (χ0n) is 15.9. The number of unbranched alkanes of at least 4 members (excludes halogenated alkanes) is 1. The standard InChI is InChI=1S/C23H26O4/c1-3-4-14-26-23(25)16(2)15-19-18-12-8-9-13-20(18)27-22(19)21(24)17-10-6-5-7-11-17/h5-13,16,23,25H,3-4,14-15H2,1-2H3. The molecule has 4 nitrogen and oxygen atoms in total. The Hall–Kier alpha value is -2.43. The number of hydrogen-bond acceptors (Lipinski definition) is 4. The molecule has 2 aromatic carbocycles. The lowest BCUT2D eigenvalue weighted by Gasteiger charge is -2.19. The van der Waals surface area contributed by atoms with Crippen LogP contribution in [-0.2, 0) is 11.2 Å². The molecule has 3 aromatic rings. The van der Waals surface area contributed by atoms with E-state index in [0.717, 1.165) is 23.8 Å². The van der Waals surface area contributed by atoms with E-state index >= 15 is 0 Å². The van der Waals surface area contributed by atoms with Gasteiger partial charge in [0.15, 0.2) is 12.1 Å². The molecule has 1 aromatic heterocycles. The Morgan fingerprint density at radius 1 is 1.11 bits per heavy atom. The van der Waals surface area contributed by atoms with Crippen molar-refractivity contribution in [2.45, 2.75) is 39.4 Å². The van der Waals surface area contributed by atoms with E-state index in [0.29, 0.717) is 29.9 Å². The summed E-state index contributed by atoms with van der Waals surface area (Å²) in [5.41, 5.74) is 2.09. The van der Waals surface area contributed by atoms with Crippen LogP contribution in [0.4, 0.5) is 0 Å². The molecule has 1 heterocycles. The van der Waals surface area contributed by atoms with Crippen LogP contribution in [0.2, 0.25) is 0 Å². The van der Waals surface area contributed by atoms with Crippen LogP contribution >= 0.6 is 0 Å². The van der Waals surface area contributed by atoms with Crippen molar-refractivity contribution in [2.24, 2.45) is 5.92 Å². The van der Waals surface area contributed by atoms with E-state index in [1.165, 1.54) is 0 Å². The fourth-order valence-corrected chi connectivity index (χ4v) is 3.14. The van der Waals surface area contributed by atoms with E-state index in [4.69, 9.17) is 9.15 Å². The number of ether oxygens (including phenoxy) is 1. The Kier molecular flexibility index (Phi) is 6.43. The molecular formula is C23H26O4. The van der Waals surface area contributed by atoms with Crippen LogP contribution in [0.1, 0.15) is 48.4 Å². The van der Waals surface area contributed by atoms with Crippen LogP contribution in [0.25, 0.3) is 11.0 Å². The van der Waals surface area contributed by atoms with Crippen molar-refractivity contribution in [1.29, 1.82) is 0 Å². The van der Waals surface area contributed by atoms with Gasteiger partial charge in [0.05, 0.1) is 0 Å². The van der Waals surface area contributed by atoms with Gasteiger partial charge >= 0.3 is 0 Å². The molecule has 0 saturated heterocycles. The minimum Gasteiger partial charge on any atom is -0.452 e. The van der Waals surface area contributed by atoms with Crippen LogP contribution in [0.5, 0.6) is 0 Å². The predicted octanol–water partition coefficient (Wildman–Crippen LogP) is 4.98. The van der Waals surface area contributed by atoms with Gasteiger partial charge in [0.1, 0.15) is 5.58 Å². The van der Waals surface area contributed by atoms with Gasteiger partial charge in [0.25, 0.3) is 0 Å². The highest BCUT2D eigenvalue weighted by atomic mass is 16.6. The molecule has 0 aliphatic rings. The topological polar surface area (TPSA) is 59.7 Å². The number of ketones is 1. The van der Waals surface area contributed by atoms with Crippen LogP contribution in [0.3, 0.4) is 0 Å². The number of furan rings is 1. The molecule has 0 bridgehead atoms. The van der Waals surface area contributed by atoms with Crippen LogP contribution in [0.15, 0.2) is 59.0 Å². The smallest absolute Gasteiger partial charge is 0.228 e. The lowest BCUT2D eigenvalue weighted by atomic mass is 9.95. The Balaban J connectivity index is 1.90. The molecule has 142 valence electrons. The highest BCUT2D eigenvalue weighted by molar-refractivity contribution is 6.10. The second-order valence-corrected chi connectivity index (χ2v) is 6.90. The molecule has 1 N–H and O–H groups in total. The lowest BCUT2D eigenvalue weighted by molar-refractivity contribution is -0.130. The van der Waals surface area contributed by atoms with E-state index < -0.39 is 6.29 Å². The third kappa shape index (κ3) is 4.46. The Bertz CT molecular complexity index is 882. The molecule has 2 atom stereocenters. The molecule has 0 aliphatic heterocycles. The van der Waals surface area contributed by atoms with Crippen LogP contribution < -0.4 is 0 Å². The van der Waals surface area contributed by atoms with Gasteiger partial charge in [-0.15, -0.1) is 0 Å². The second-order valence-electron chi connectivity index (χ2n) is 6.90. The van der Waals surface area contributed by atoms with Crippen molar-refractivity contribution in [3.05, 3.63) is 71.5 Å². The number of carbonyl (C=O) groups is 1. The maximum atomic E-state index is 13.0. The number of aliphatic hydroxyl groups is 1. The minimum atomic E-state index is -0.870. The first-order valence-electron chi connectivity index (χ1n) is 9.51. The number of para-hydroxylation sites is 1. The highest BCUT2D eigenvalue weighted by Gasteiger charge is 2.25. The van der Waals surface area contributed by atoms with Crippen molar-refractivity contribution in [2.75, 3.05) is 6.61 Å². The molecule has 0 amide bonds. The van der Waals surface area contributed by atoms with Crippen LogP contribution in [-0.4, -0.2) is 23.8 Å². The number of rotatable bonds is 9. The van der Waals surface area contributed by atoms with E-state index in [1.54, 1.807) is 12.1 Å². The molecule has 0 aliphatic carbocycles. The van der Waals surface area contributed by atoms with Gasteiger partial charge < -0.3 is 14.3 Å². The average Bonchev–Trinajstić information content (AvgIpc) is 3.06. The first kappa shape index (κ1) is 19.3. The fourth-order valence-electron chi connectivity index (χ4n) is 3.14. The van der Waals surface area contributed by atoms with Gasteiger partial charge in [-0.2, -0.15) is 0 Å². The summed E-state index contributed by atoms with van der Waals surface area (Å²) in [7, 11) is 0. The fraction of sp³-hybridized carbons (Fsp3) is 0.348. The van der Waals surface area contributed by atoms with E-state index in [-0.39, 0.29) is 11.7 Å². The predicted molar refractivity (Wildman–Crippen MR) is 106 cm³/mol. The summed E-state index contributed by atoms with van der Waals surface area (Å²) in [5.74, 6) is 0.0376. The Labute approximate surface area is 159 Å². The molecule has 0 saturated carbocycles. The quantitative estimate of drug-likeness (QED) is 0.330. The Morgan fingerprint density at radius 3 is 2.56 bits per heavy atom. The average molecular weight is 366 g/mol. The summed E-state index contributed by atoms with van der Waals surface area (Å²) >= 11 is 0. The van der Waals surface area contributed by atoms with Crippen molar-refractivity contribution >= 4 is 16.8 Å². The second kappa shape index (κ2) is 8.98. The number of hydrogen-bond donors (Lipinski definition) is 1. The van der Waals surface area contributed by atoms with E-state index in [9.17, 15) is 9.90 Å². The zero-order chi connectivity index (χ0) is 19.2. The van der Waals surface area contributed by atoms with Crippen molar-refractivity contribution in [3.63, 3.8) is 0 Å².